The number of benzene rings is 1. The standard InChI is InChI=1S/C16H16ClNO2/c1-10-13(6-8-20-10)15(17)12-5-4-11-3-2-7-18-16(19)14(11)9-12/h4-6,8-9,15H,2-3,7H2,1H3,(H,18,19). The number of alkyl halides is 1. The largest absolute Gasteiger partial charge is 0.469 e. The van der Waals surface area contributed by atoms with E-state index < -0.39 is 0 Å². The summed E-state index contributed by atoms with van der Waals surface area (Å²) in [4.78, 5) is 12.1. The average Bonchev–Trinajstić information content (AvgIpc) is 2.79. The second kappa shape index (κ2) is 5.33. The number of carbonyl (C=O) groups is 1. The molecule has 0 spiro atoms. The molecule has 1 aliphatic heterocycles. The first kappa shape index (κ1) is 13.3. The van der Waals surface area contributed by atoms with Crippen LogP contribution in [-0.2, 0) is 6.42 Å². The SMILES string of the molecule is Cc1occc1C(Cl)c1ccc2c(c1)C(=O)NCCC2. The number of amides is 1. The molecule has 0 aliphatic carbocycles. The van der Waals surface area contributed by atoms with Gasteiger partial charge >= 0.3 is 0 Å². The second-order valence-corrected chi connectivity index (χ2v) is 5.51. The van der Waals surface area contributed by atoms with Gasteiger partial charge in [0, 0.05) is 17.7 Å². The van der Waals surface area contributed by atoms with Crippen LogP contribution in [0.5, 0.6) is 0 Å². The summed E-state index contributed by atoms with van der Waals surface area (Å²) in [6, 6.07) is 7.79. The fourth-order valence-corrected chi connectivity index (χ4v) is 2.96. The Bertz CT molecular complexity index is 648. The van der Waals surface area contributed by atoms with Crippen molar-refractivity contribution in [2.24, 2.45) is 0 Å². The molecule has 20 heavy (non-hydrogen) atoms. The summed E-state index contributed by atoms with van der Waals surface area (Å²) in [7, 11) is 0. The molecular formula is C16H16ClNO2. The number of fused-ring (bicyclic) bond motifs is 1. The molecule has 104 valence electrons. The van der Waals surface area contributed by atoms with E-state index in [0.717, 1.165) is 47.4 Å². The third-order valence-electron chi connectivity index (χ3n) is 3.75. The van der Waals surface area contributed by atoms with Gasteiger partial charge in [0.1, 0.15) is 5.76 Å². The van der Waals surface area contributed by atoms with Crippen LogP contribution >= 0.6 is 11.6 Å². The van der Waals surface area contributed by atoms with Gasteiger partial charge in [-0.1, -0.05) is 12.1 Å². The Balaban J connectivity index is 2.00. The zero-order valence-electron chi connectivity index (χ0n) is 11.3. The number of aryl methyl sites for hydroxylation is 2. The Morgan fingerprint density at radius 2 is 2.20 bits per heavy atom. The Morgan fingerprint density at radius 1 is 1.35 bits per heavy atom. The molecule has 1 aromatic carbocycles. The lowest BCUT2D eigenvalue weighted by Crippen LogP contribution is -2.22. The number of hydrogen-bond donors (Lipinski definition) is 1. The highest BCUT2D eigenvalue weighted by molar-refractivity contribution is 6.22. The van der Waals surface area contributed by atoms with Crippen molar-refractivity contribution in [3.05, 3.63) is 58.5 Å². The number of nitrogens with one attached hydrogen (secondary N) is 1. The molecule has 0 saturated heterocycles. The molecule has 0 saturated carbocycles. The summed E-state index contributed by atoms with van der Waals surface area (Å²) in [5, 5.41) is 2.62. The zero-order valence-corrected chi connectivity index (χ0v) is 12.0. The van der Waals surface area contributed by atoms with Crippen LogP contribution in [-0.4, -0.2) is 12.5 Å². The minimum absolute atomic E-state index is 0.00728. The number of carbonyl (C=O) groups excluding carboxylic acids is 1. The van der Waals surface area contributed by atoms with Crippen molar-refractivity contribution < 1.29 is 9.21 Å². The molecule has 1 amide bonds. The second-order valence-electron chi connectivity index (χ2n) is 5.07. The Hall–Kier alpha value is -1.74. The Kier molecular flexibility index (Phi) is 3.53. The molecule has 1 aromatic heterocycles. The highest BCUT2D eigenvalue weighted by atomic mass is 35.5. The summed E-state index contributed by atoms with van der Waals surface area (Å²) in [6.45, 7) is 2.62. The van der Waals surface area contributed by atoms with Crippen molar-refractivity contribution in [2.45, 2.75) is 25.1 Å². The number of halogens is 1. The maximum atomic E-state index is 12.1. The van der Waals surface area contributed by atoms with Gasteiger partial charge in [-0.2, -0.15) is 0 Å². The first-order valence-electron chi connectivity index (χ1n) is 6.76. The summed E-state index contributed by atoms with van der Waals surface area (Å²) >= 11 is 6.52. The van der Waals surface area contributed by atoms with E-state index >= 15 is 0 Å². The highest BCUT2D eigenvalue weighted by Gasteiger charge is 2.20. The Morgan fingerprint density at radius 3 is 2.95 bits per heavy atom. The van der Waals surface area contributed by atoms with E-state index in [1.165, 1.54) is 0 Å². The van der Waals surface area contributed by atoms with Crippen molar-refractivity contribution in [3.63, 3.8) is 0 Å². The third-order valence-corrected chi connectivity index (χ3v) is 4.24. The minimum Gasteiger partial charge on any atom is -0.469 e. The van der Waals surface area contributed by atoms with Crippen LogP contribution in [0.3, 0.4) is 0 Å². The summed E-state index contributed by atoms with van der Waals surface area (Å²) in [6.07, 6.45) is 3.53. The van der Waals surface area contributed by atoms with E-state index in [4.69, 9.17) is 16.0 Å². The molecule has 1 aliphatic rings. The lowest BCUT2D eigenvalue weighted by molar-refractivity contribution is 0.0956. The Labute approximate surface area is 122 Å². The topological polar surface area (TPSA) is 42.2 Å². The van der Waals surface area contributed by atoms with Gasteiger partial charge in [0.2, 0.25) is 0 Å². The van der Waals surface area contributed by atoms with Crippen LogP contribution in [0.25, 0.3) is 0 Å². The number of furan rings is 1. The van der Waals surface area contributed by atoms with Crippen molar-refractivity contribution >= 4 is 17.5 Å². The van der Waals surface area contributed by atoms with Gasteiger partial charge < -0.3 is 9.73 Å². The van der Waals surface area contributed by atoms with Crippen molar-refractivity contribution in [3.8, 4) is 0 Å². The summed E-state index contributed by atoms with van der Waals surface area (Å²) < 4.78 is 5.30. The van der Waals surface area contributed by atoms with Crippen LogP contribution in [0.15, 0.2) is 34.9 Å². The number of hydrogen-bond acceptors (Lipinski definition) is 2. The van der Waals surface area contributed by atoms with E-state index in [2.05, 4.69) is 5.32 Å². The molecular weight excluding hydrogens is 274 g/mol. The van der Waals surface area contributed by atoms with Gasteiger partial charge in [0.15, 0.2) is 0 Å². The fourth-order valence-electron chi connectivity index (χ4n) is 2.59. The van der Waals surface area contributed by atoms with E-state index in [-0.39, 0.29) is 11.3 Å². The lowest BCUT2D eigenvalue weighted by atomic mass is 9.97. The quantitative estimate of drug-likeness (QED) is 0.859. The molecule has 2 aromatic rings. The molecule has 2 heterocycles. The van der Waals surface area contributed by atoms with E-state index in [9.17, 15) is 4.79 Å². The van der Waals surface area contributed by atoms with Crippen LogP contribution in [0.4, 0.5) is 0 Å². The highest BCUT2D eigenvalue weighted by Crippen LogP contribution is 2.33. The molecule has 1 atom stereocenters. The smallest absolute Gasteiger partial charge is 0.251 e. The zero-order chi connectivity index (χ0) is 14.1. The maximum absolute atomic E-state index is 12.1. The van der Waals surface area contributed by atoms with Crippen LogP contribution < -0.4 is 5.32 Å². The van der Waals surface area contributed by atoms with Crippen molar-refractivity contribution in [2.75, 3.05) is 6.54 Å². The van der Waals surface area contributed by atoms with Gasteiger partial charge in [0.25, 0.3) is 5.91 Å². The summed E-state index contributed by atoms with van der Waals surface area (Å²) in [5.74, 6) is 0.802. The van der Waals surface area contributed by atoms with Gasteiger partial charge in [-0.3, -0.25) is 4.79 Å². The maximum Gasteiger partial charge on any atom is 0.251 e. The van der Waals surface area contributed by atoms with E-state index in [1.807, 2.05) is 31.2 Å². The fraction of sp³-hybridized carbons (Fsp3) is 0.312. The molecule has 0 bridgehead atoms. The van der Waals surface area contributed by atoms with Gasteiger partial charge in [-0.25, -0.2) is 0 Å². The molecule has 0 fully saturated rings. The van der Waals surface area contributed by atoms with E-state index in [1.54, 1.807) is 6.26 Å². The van der Waals surface area contributed by atoms with Crippen LogP contribution in [0.1, 0.15) is 44.6 Å². The number of rotatable bonds is 2. The molecule has 1 N–H and O–H groups in total. The van der Waals surface area contributed by atoms with E-state index in [0.29, 0.717) is 0 Å². The van der Waals surface area contributed by atoms with Crippen molar-refractivity contribution in [1.82, 2.24) is 5.32 Å². The monoisotopic (exact) mass is 289 g/mol. The predicted molar refractivity (Wildman–Crippen MR) is 78.2 cm³/mol. The van der Waals surface area contributed by atoms with Gasteiger partial charge in [-0.05, 0) is 43.0 Å². The first-order chi connectivity index (χ1) is 9.66. The molecule has 3 rings (SSSR count). The minimum atomic E-state index is -0.296. The third kappa shape index (κ3) is 2.34. The van der Waals surface area contributed by atoms with Crippen LogP contribution in [0.2, 0.25) is 0 Å². The van der Waals surface area contributed by atoms with Crippen molar-refractivity contribution in [1.29, 1.82) is 0 Å². The summed E-state index contributed by atoms with van der Waals surface area (Å²) in [5.41, 5.74) is 3.70. The molecule has 4 heteroatoms. The predicted octanol–water partition coefficient (Wildman–Crippen LogP) is 3.59. The first-order valence-corrected chi connectivity index (χ1v) is 7.19. The molecule has 1 unspecified atom stereocenters. The normalized spacial score (nSPS) is 16.2. The molecule has 3 nitrogen and oxygen atoms in total. The average molecular weight is 290 g/mol. The van der Waals surface area contributed by atoms with Gasteiger partial charge in [0.05, 0.1) is 11.6 Å². The lowest BCUT2D eigenvalue weighted by Gasteiger charge is -2.12. The van der Waals surface area contributed by atoms with Crippen LogP contribution in [0, 0.1) is 6.92 Å². The van der Waals surface area contributed by atoms with Gasteiger partial charge in [-0.15, -0.1) is 11.6 Å². The molecule has 0 radical (unpaired) electrons.